The molecule has 0 spiro atoms. The molecule has 0 aromatic heterocycles. The first-order valence-corrected chi connectivity index (χ1v) is 26.3. The molecule has 14 bridgehead atoms. The SMILES string of the molecule is OC[C@H]1O[C@@H]2O[C@H]3[C@H](O)[C@@H](O)[C@@H](O[C@H]4[C@H](O)[C@@H](O)[C@@H](O[C@H]5[C@H](O)[C@@H](O)[C@@H](O[C@H]6[C@H](O)[C@@H](O)[C@@H](O[C@H]7[C@H](O)[C@@H](O)[C@@H](O[C@H]8[C@H](O)[C@@H](O)[C@@H](O[C@H]1[C@H](O)[C@H]2O)O[C@@H]8CO)O[C@@H]7CO)O[C@@H]6CO)O[C@@H]5CNC1CC1)O[C@@H]4CO)O[C@@H]3CO. The van der Waals surface area contributed by atoms with Crippen LogP contribution in [0, 0.1) is 0 Å². The first kappa shape index (κ1) is 63.1. The van der Waals surface area contributed by atoms with Crippen LogP contribution in [-0.4, -0.2) is 369 Å². The van der Waals surface area contributed by atoms with Crippen molar-refractivity contribution >= 4 is 0 Å². The summed E-state index contributed by atoms with van der Waals surface area (Å²) in [6, 6.07) is -0.0236. The molecule has 21 N–H and O–H groups in total. The van der Waals surface area contributed by atoms with E-state index in [0.29, 0.717) is 0 Å². The highest BCUT2D eigenvalue weighted by molar-refractivity contribution is 5.02. The smallest absolute Gasteiger partial charge is 0.187 e. The summed E-state index contributed by atoms with van der Waals surface area (Å²) >= 11 is 0. The Balaban J connectivity index is 1.00. The Hall–Kier alpha value is -1.40. The Labute approximate surface area is 453 Å². The summed E-state index contributed by atoms with van der Waals surface area (Å²) < 4.78 is 81.0. The van der Waals surface area contributed by atoms with Crippen LogP contribution in [0.25, 0.3) is 0 Å². The van der Waals surface area contributed by atoms with Crippen molar-refractivity contribution in [2.24, 2.45) is 0 Å². The molecule has 22 aliphatic rings. The molecule has 1 aliphatic carbocycles. The van der Waals surface area contributed by atoms with Crippen LogP contribution >= 0.6 is 0 Å². The molecule has 21 saturated heterocycles. The fourth-order valence-corrected chi connectivity index (χ4v) is 11.0. The first-order chi connectivity index (χ1) is 38.2. The summed E-state index contributed by atoms with van der Waals surface area (Å²) in [7, 11) is 0. The van der Waals surface area contributed by atoms with E-state index in [-0.39, 0.29) is 12.6 Å². The molecular weight excluding hydrogens is 1100 g/mol. The lowest BCUT2D eigenvalue weighted by atomic mass is 9.95. The summed E-state index contributed by atoms with van der Waals surface area (Å²) in [5.74, 6) is 0. The van der Waals surface area contributed by atoms with Gasteiger partial charge in [-0.15, -0.1) is 0 Å². The highest BCUT2D eigenvalue weighted by Crippen LogP contribution is 2.39. The molecule has 21 heterocycles. The van der Waals surface area contributed by atoms with Crippen molar-refractivity contribution in [1.29, 1.82) is 0 Å². The third-order valence-electron chi connectivity index (χ3n) is 15.8. The van der Waals surface area contributed by atoms with E-state index in [2.05, 4.69) is 5.32 Å². The van der Waals surface area contributed by atoms with Gasteiger partial charge in [-0.25, -0.2) is 0 Å². The van der Waals surface area contributed by atoms with Gasteiger partial charge in [0.1, 0.15) is 171 Å². The van der Waals surface area contributed by atoms with E-state index in [1.165, 1.54) is 0 Å². The van der Waals surface area contributed by atoms with E-state index in [0.717, 1.165) is 12.8 Å². The number of hydrogen-bond acceptors (Lipinski definition) is 35. The molecule has 1 saturated carbocycles. The minimum atomic E-state index is -2.20. The van der Waals surface area contributed by atoms with Gasteiger partial charge in [0.15, 0.2) is 44.0 Å². The third-order valence-corrected chi connectivity index (χ3v) is 15.8. The van der Waals surface area contributed by atoms with Crippen LogP contribution in [0.5, 0.6) is 0 Å². The van der Waals surface area contributed by atoms with Crippen molar-refractivity contribution < 1.29 is 168 Å². The normalized spacial score (nSPS) is 54.7. The van der Waals surface area contributed by atoms with E-state index >= 15 is 0 Å². The monoisotopic (exact) mass is 1170 g/mol. The average molecular weight is 1170 g/mol. The Morgan fingerprint density at radius 2 is 0.388 bits per heavy atom. The van der Waals surface area contributed by atoms with Crippen LogP contribution in [0.3, 0.4) is 0 Å². The van der Waals surface area contributed by atoms with Gasteiger partial charge in [0.2, 0.25) is 0 Å². The van der Waals surface area contributed by atoms with Gasteiger partial charge in [-0.1, -0.05) is 0 Å². The van der Waals surface area contributed by atoms with E-state index < -0.39 is 255 Å². The maximum absolute atomic E-state index is 11.7. The molecule has 35 atom stereocenters. The minimum Gasteiger partial charge on any atom is -0.394 e. The van der Waals surface area contributed by atoms with Gasteiger partial charge in [0.05, 0.1) is 39.6 Å². The van der Waals surface area contributed by atoms with Crippen LogP contribution in [0.4, 0.5) is 0 Å². The van der Waals surface area contributed by atoms with E-state index in [9.17, 15) is 102 Å². The zero-order chi connectivity index (χ0) is 57.8. The van der Waals surface area contributed by atoms with Crippen molar-refractivity contribution in [2.75, 3.05) is 46.2 Å². The predicted octanol–water partition coefficient (Wildman–Crippen LogP) is -14.5. The lowest BCUT2D eigenvalue weighted by molar-refractivity contribution is -0.396. The zero-order valence-corrected chi connectivity index (χ0v) is 42.3. The second-order valence-electron chi connectivity index (χ2n) is 21.2. The summed E-state index contributed by atoms with van der Waals surface area (Å²) in [5, 5.41) is 225. The molecule has 22 fully saturated rings. The lowest BCUT2D eigenvalue weighted by Gasteiger charge is -2.50. The van der Waals surface area contributed by atoms with Crippen LogP contribution in [0.15, 0.2) is 0 Å². The highest BCUT2D eigenvalue weighted by Gasteiger charge is 2.59. The molecule has 35 heteroatoms. The first-order valence-electron chi connectivity index (χ1n) is 26.3. The van der Waals surface area contributed by atoms with Gasteiger partial charge >= 0.3 is 0 Å². The molecular formula is C45H75NO34. The van der Waals surface area contributed by atoms with Gasteiger partial charge in [0.25, 0.3) is 0 Å². The molecule has 0 aromatic carbocycles. The number of aliphatic hydroxyl groups excluding tert-OH is 20. The zero-order valence-electron chi connectivity index (χ0n) is 42.3. The fourth-order valence-electron chi connectivity index (χ4n) is 11.0. The van der Waals surface area contributed by atoms with Crippen LogP contribution in [0.1, 0.15) is 12.8 Å². The van der Waals surface area contributed by atoms with Crippen molar-refractivity contribution in [3.8, 4) is 0 Å². The molecule has 22 rings (SSSR count). The predicted molar refractivity (Wildman–Crippen MR) is 242 cm³/mol. The number of hydrogen-bond donors (Lipinski definition) is 21. The van der Waals surface area contributed by atoms with Gasteiger partial charge in [-0.3, -0.25) is 0 Å². The summed E-state index contributed by atoms with van der Waals surface area (Å²) in [6.45, 7) is -6.29. The van der Waals surface area contributed by atoms with E-state index in [1.54, 1.807) is 0 Å². The third kappa shape index (κ3) is 12.6. The number of aliphatic hydroxyl groups is 20. The lowest BCUT2D eigenvalue weighted by Crippen LogP contribution is -2.68. The van der Waals surface area contributed by atoms with E-state index in [1.807, 2.05) is 0 Å². The van der Waals surface area contributed by atoms with Crippen molar-refractivity contribution in [2.45, 2.75) is 234 Å². The molecule has 35 nitrogen and oxygen atoms in total. The standard InChI is InChI=1S/C45H75NO34/c47-4-12-33-20(55)27(62)41(69-12)77-35-14(6-49)71-43(29(64)22(35)57)79-37-16(8-51)73-45(31(66)24(37)59)80-38-17(9-52)72-44(30(65)23(38)58)78-36-15(7-50)70-42(28(63)21(36)56)76-34-13(5-48)68-40(26(61)19(34)54)74-32-11(3-46-10-1-2-10)67-39(75-33)25(60)18(32)53/h10-66H,1-9H2/t11-,12-,13-,14-,15-,16-,17-,18-,19-,20-,21-,22-,23-,24-,25-,26-,27-,28-,29-,30-,31-,32-,33-,34-,35-,36-,37-,38-,39-,40-,41-,42-,43-,44-,45-/m1/s1. The molecule has 464 valence electrons. The second kappa shape index (κ2) is 26.7. The Morgan fingerprint density at radius 1 is 0.225 bits per heavy atom. The van der Waals surface area contributed by atoms with Crippen molar-refractivity contribution in [1.82, 2.24) is 5.32 Å². The topological polar surface area (TPSA) is 546 Å². The summed E-state index contributed by atoms with van der Waals surface area (Å²) in [5.41, 5.74) is 0. The number of ether oxygens (including phenoxy) is 14. The molecule has 0 unspecified atom stereocenters. The van der Waals surface area contributed by atoms with Crippen molar-refractivity contribution in [3.05, 3.63) is 0 Å². The molecule has 0 radical (unpaired) electrons. The quantitative estimate of drug-likeness (QED) is 0.102. The maximum Gasteiger partial charge on any atom is 0.187 e. The van der Waals surface area contributed by atoms with Crippen LogP contribution in [-0.2, 0) is 66.3 Å². The molecule has 80 heavy (non-hydrogen) atoms. The fraction of sp³-hybridized carbons (Fsp3) is 1.00. The maximum atomic E-state index is 11.7. The van der Waals surface area contributed by atoms with Gasteiger partial charge in [0, 0.05) is 12.6 Å². The summed E-state index contributed by atoms with van der Waals surface area (Å²) in [4.78, 5) is 0. The average Bonchev–Trinajstić information content (AvgIpc) is 4.30. The van der Waals surface area contributed by atoms with Gasteiger partial charge < -0.3 is 174 Å². The largest absolute Gasteiger partial charge is 0.394 e. The second-order valence-corrected chi connectivity index (χ2v) is 21.2. The Bertz CT molecular complexity index is 1920. The minimum absolute atomic E-state index is 0.0236. The van der Waals surface area contributed by atoms with Crippen LogP contribution < -0.4 is 5.32 Å². The molecule has 0 aromatic rings. The highest BCUT2D eigenvalue weighted by atomic mass is 16.8. The molecule has 21 aliphatic heterocycles. The van der Waals surface area contributed by atoms with Gasteiger partial charge in [-0.2, -0.15) is 0 Å². The van der Waals surface area contributed by atoms with Crippen molar-refractivity contribution in [3.63, 3.8) is 0 Å². The Kier molecular flexibility index (Phi) is 21.1. The summed E-state index contributed by atoms with van der Waals surface area (Å²) in [6.07, 6.45) is -67.0. The number of nitrogens with one attached hydrogen (secondary N) is 1. The number of rotatable bonds is 9. The molecule has 0 amide bonds. The van der Waals surface area contributed by atoms with Crippen LogP contribution in [0.2, 0.25) is 0 Å². The van der Waals surface area contributed by atoms with E-state index in [4.69, 9.17) is 66.3 Å². The van der Waals surface area contributed by atoms with Gasteiger partial charge in [-0.05, 0) is 12.8 Å². The Morgan fingerprint density at radius 3 is 0.550 bits per heavy atom.